The minimum Gasteiger partial charge on any atom is -0.466 e. The van der Waals surface area contributed by atoms with E-state index in [-0.39, 0.29) is 17.8 Å². The van der Waals surface area contributed by atoms with Crippen molar-refractivity contribution in [2.45, 2.75) is 19.8 Å². The Kier molecular flexibility index (Phi) is 6.08. The number of nitrogens with zero attached hydrogens (tertiary/aromatic N) is 4. The van der Waals surface area contributed by atoms with Gasteiger partial charge in [-0.2, -0.15) is 5.10 Å². The van der Waals surface area contributed by atoms with Crippen molar-refractivity contribution in [3.63, 3.8) is 0 Å². The van der Waals surface area contributed by atoms with Crippen LogP contribution in [0.3, 0.4) is 0 Å². The summed E-state index contributed by atoms with van der Waals surface area (Å²) in [4.78, 5) is 32.6. The topological polar surface area (TPSA) is 76.8 Å². The Bertz CT molecular complexity index is 1320. The van der Waals surface area contributed by atoms with Crippen LogP contribution in [-0.4, -0.2) is 51.1 Å². The zero-order valence-electron chi connectivity index (χ0n) is 19.1. The van der Waals surface area contributed by atoms with Gasteiger partial charge in [0.2, 0.25) is 0 Å². The average molecular weight is 455 g/mol. The van der Waals surface area contributed by atoms with Gasteiger partial charge in [-0.3, -0.25) is 9.59 Å². The normalized spacial score (nSPS) is 15.9. The van der Waals surface area contributed by atoms with E-state index in [1.165, 1.54) is 0 Å². The average Bonchev–Trinajstić information content (AvgIpc) is 3.33. The molecule has 1 fully saturated rings. The Morgan fingerprint density at radius 1 is 0.971 bits per heavy atom. The Morgan fingerprint density at radius 3 is 2.32 bits per heavy atom. The van der Waals surface area contributed by atoms with E-state index in [1.807, 2.05) is 66.7 Å². The Balaban J connectivity index is 1.57. The van der Waals surface area contributed by atoms with Gasteiger partial charge in [-0.15, -0.1) is 0 Å². The van der Waals surface area contributed by atoms with Crippen LogP contribution in [0.15, 0.2) is 72.8 Å². The van der Waals surface area contributed by atoms with E-state index < -0.39 is 0 Å². The lowest BCUT2D eigenvalue weighted by Gasteiger charge is -2.31. The van der Waals surface area contributed by atoms with Gasteiger partial charge in [-0.25, -0.2) is 9.50 Å². The number of piperidine rings is 1. The highest BCUT2D eigenvalue weighted by Crippen LogP contribution is 2.26. The molecule has 1 saturated heterocycles. The first-order valence-electron chi connectivity index (χ1n) is 11.6. The summed E-state index contributed by atoms with van der Waals surface area (Å²) in [5.74, 6) is -0.710. The summed E-state index contributed by atoms with van der Waals surface area (Å²) in [7, 11) is 0. The summed E-state index contributed by atoms with van der Waals surface area (Å²) < 4.78 is 6.83. The molecule has 7 heteroatoms. The molecular formula is C27H26N4O3. The van der Waals surface area contributed by atoms with Crippen molar-refractivity contribution in [1.29, 1.82) is 0 Å². The van der Waals surface area contributed by atoms with E-state index in [1.54, 1.807) is 22.4 Å². The lowest BCUT2D eigenvalue weighted by Crippen LogP contribution is -2.43. The predicted octanol–water partition coefficient (Wildman–Crippen LogP) is 4.48. The zero-order valence-corrected chi connectivity index (χ0v) is 19.1. The third-order valence-corrected chi connectivity index (χ3v) is 6.11. The van der Waals surface area contributed by atoms with E-state index in [0.717, 1.165) is 29.7 Å². The first-order chi connectivity index (χ1) is 16.6. The van der Waals surface area contributed by atoms with Crippen LogP contribution in [0.5, 0.6) is 0 Å². The summed E-state index contributed by atoms with van der Waals surface area (Å²) in [6, 6.07) is 23.3. The van der Waals surface area contributed by atoms with Crippen molar-refractivity contribution in [2.75, 3.05) is 19.7 Å². The fourth-order valence-electron chi connectivity index (χ4n) is 4.41. The lowest BCUT2D eigenvalue weighted by atomic mass is 9.98. The summed E-state index contributed by atoms with van der Waals surface area (Å²) in [5, 5.41) is 4.73. The van der Waals surface area contributed by atoms with Gasteiger partial charge in [-0.05, 0) is 25.8 Å². The molecule has 2 aromatic carbocycles. The molecule has 4 aromatic rings. The third kappa shape index (κ3) is 4.29. The number of hydrogen-bond acceptors (Lipinski definition) is 5. The van der Waals surface area contributed by atoms with Gasteiger partial charge in [-0.1, -0.05) is 60.7 Å². The number of carbonyl (C=O) groups is 2. The molecule has 0 bridgehead atoms. The van der Waals surface area contributed by atoms with Gasteiger partial charge in [0.15, 0.2) is 5.65 Å². The SMILES string of the molecule is CCOC(=O)[C@@H]1CCCN(C(=O)c2cc(-c3ccccc3)nc3cc(-c4ccccc4)nn23)C1. The number of benzene rings is 2. The van der Waals surface area contributed by atoms with Crippen LogP contribution >= 0.6 is 0 Å². The number of aromatic nitrogens is 3. The van der Waals surface area contributed by atoms with Crippen LogP contribution in [0, 0.1) is 5.92 Å². The maximum Gasteiger partial charge on any atom is 0.310 e. The molecule has 172 valence electrons. The second kappa shape index (κ2) is 9.47. The van der Waals surface area contributed by atoms with E-state index in [4.69, 9.17) is 14.8 Å². The molecule has 34 heavy (non-hydrogen) atoms. The van der Waals surface area contributed by atoms with Gasteiger partial charge in [0, 0.05) is 30.3 Å². The van der Waals surface area contributed by atoms with Crippen LogP contribution < -0.4 is 0 Å². The Morgan fingerprint density at radius 2 is 1.65 bits per heavy atom. The van der Waals surface area contributed by atoms with Gasteiger partial charge >= 0.3 is 5.97 Å². The minimum atomic E-state index is -0.305. The summed E-state index contributed by atoms with van der Waals surface area (Å²) in [6.45, 7) is 3.07. The largest absolute Gasteiger partial charge is 0.466 e. The number of likely N-dealkylation sites (tertiary alicyclic amines) is 1. The fraction of sp³-hybridized carbons (Fsp3) is 0.259. The number of amides is 1. The van der Waals surface area contributed by atoms with Crippen LogP contribution in [0.25, 0.3) is 28.2 Å². The van der Waals surface area contributed by atoms with Crippen molar-refractivity contribution < 1.29 is 14.3 Å². The molecule has 3 heterocycles. The molecule has 1 atom stereocenters. The maximum absolute atomic E-state index is 13.8. The molecule has 0 N–H and O–H groups in total. The molecule has 0 saturated carbocycles. The van der Waals surface area contributed by atoms with Crippen LogP contribution in [0.1, 0.15) is 30.3 Å². The monoisotopic (exact) mass is 454 g/mol. The van der Waals surface area contributed by atoms with Crippen molar-refractivity contribution >= 4 is 17.5 Å². The molecule has 0 radical (unpaired) electrons. The summed E-state index contributed by atoms with van der Waals surface area (Å²) in [6.07, 6.45) is 1.48. The second-order valence-corrected chi connectivity index (χ2v) is 8.40. The predicted molar refractivity (Wildman–Crippen MR) is 129 cm³/mol. The number of fused-ring (bicyclic) bond motifs is 1. The highest BCUT2D eigenvalue weighted by molar-refractivity contribution is 5.95. The van der Waals surface area contributed by atoms with E-state index in [9.17, 15) is 9.59 Å². The molecule has 0 spiro atoms. The number of esters is 1. The fourth-order valence-corrected chi connectivity index (χ4v) is 4.41. The van der Waals surface area contributed by atoms with Gasteiger partial charge < -0.3 is 9.64 Å². The Labute approximate surface area is 198 Å². The smallest absolute Gasteiger partial charge is 0.310 e. The quantitative estimate of drug-likeness (QED) is 0.416. The third-order valence-electron chi connectivity index (χ3n) is 6.11. The Hall–Kier alpha value is -4.00. The van der Waals surface area contributed by atoms with Gasteiger partial charge in [0.25, 0.3) is 5.91 Å². The number of ether oxygens (including phenoxy) is 1. The van der Waals surface area contributed by atoms with E-state index in [2.05, 4.69) is 0 Å². The molecule has 0 unspecified atom stereocenters. The van der Waals surface area contributed by atoms with Crippen molar-refractivity contribution in [2.24, 2.45) is 5.92 Å². The molecule has 7 nitrogen and oxygen atoms in total. The van der Waals surface area contributed by atoms with Crippen molar-refractivity contribution in [1.82, 2.24) is 19.5 Å². The first kappa shape index (κ1) is 21.8. The lowest BCUT2D eigenvalue weighted by molar-refractivity contribution is -0.149. The number of rotatable bonds is 5. The van der Waals surface area contributed by atoms with E-state index >= 15 is 0 Å². The van der Waals surface area contributed by atoms with Crippen LogP contribution in [-0.2, 0) is 9.53 Å². The van der Waals surface area contributed by atoms with E-state index in [0.29, 0.717) is 36.7 Å². The highest BCUT2D eigenvalue weighted by Gasteiger charge is 2.31. The molecule has 5 rings (SSSR count). The molecule has 2 aromatic heterocycles. The summed E-state index contributed by atoms with van der Waals surface area (Å²) in [5.41, 5.74) is 4.35. The van der Waals surface area contributed by atoms with Crippen LogP contribution in [0.4, 0.5) is 0 Å². The van der Waals surface area contributed by atoms with Gasteiger partial charge in [0.05, 0.1) is 23.9 Å². The zero-order chi connectivity index (χ0) is 23.5. The number of hydrogen-bond donors (Lipinski definition) is 0. The minimum absolute atomic E-state index is 0.165. The first-order valence-corrected chi connectivity index (χ1v) is 11.6. The molecule has 1 aliphatic heterocycles. The molecular weight excluding hydrogens is 428 g/mol. The standard InChI is InChI=1S/C27H26N4O3/c1-2-34-27(33)21-14-9-15-30(18-21)26(32)24-16-22(19-10-5-3-6-11-19)28-25-17-23(29-31(24)25)20-12-7-4-8-13-20/h3-8,10-13,16-17,21H,2,9,14-15,18H2,1H3/t21-/m1/s1. The molecule has 1 amide bonds. The van der Waals surface area contributed by atoms with Crippen LogP contribution in [0.2, 0.25) is 0 Å². The highest BCUT2D eigenvalue weighted by atomic mass is 16.5. The molecule has 0 aliphatic carbocycles. The van der Waals surface area contributed by atoms with Crippen molar-refractivity contribution in [3.05, 3.63) is 78.5 Å². The molecule has 1 aliphatic rings. The summed E-state index contributed by atoms with van der Waals surface area (Å²) >= 11 is 0. The second-order valence-electron chi connectivity index (χ2n) is 8.40. The van der Waals surface area contributed by atoms with Crippen molar-refractivity contribution in [3.8, 4) is 22.5 Å². The van der Waals surface area contributed by atoms with Gasteiger partial charge in [0.1, 0.15) is 5.69 Å². The maximum atomic E-state index is 13.8. The number of carbonyl (C=O) groups excluding carboxylic acids is 2.